The fourth-order valence-corrected chi connectivity index (χ4v) is 1.73. The summed E-state index contributed by atoms with van der Waals surface area (Å²) in [6, 6.07) is 6.50. The highest BCUT2D eigenvalue weighted by Crippen LogP contribution is 2.16. The SMILES string of the molecule is C[C@H](NC(=O)C(N)CC(N)=O)c1ccc(Br)cc1. The van der Waals surface area contributed by atoms with E-state index in [1.165, 1.54) is 0 Å². The van der Waals surface area contributed by atoms with Crippen LogP contribution in [0.15, 0.2) is 28.7 Å². The number of hydrogen-bond acceptors (Lipinski definition) is 3. The van der Waals surface area contributed by atoms with Crippen molar-refractivity contribution in [1.29, 1.82) is 0 Å². The number of nitrogens with one attached hydrogen (secondary N) is 1. The number of rotatable bonds is 5. The number of benzene rings is 1. The summed E-state index contributed by atoms with van der Waals surface area (Å²) in [5, 5.41) is 2.73. The Morgan fingerprint density at radius 3 is 2.39 bits per heavy atom. The van der Waals surface area contributed by atoms with Crippen molar-refractivity contribution >= 4 is 27.7 Å². The zero-order valence-electron chi connectivity index (χ0n) is 10.0. The van der Waals surface area contributed by atoms with Gasteiger partial charge < -0.3 is 16.8 Å². The first kappa shape index (κ1) is 14.7. The first-order valence-electron chi connectivity index (χ1n) is 5.50. The minimum absolute atomic E-state index is 0.154. The average Bonchev–Trinajstić information content (AvgIpc) is 2.28. The molecule has 2 atom stereocenters. The van der Waals surface area contributed by atoms with Crippen molar-refractivity contribution in [3.63, 3.8) is 0 Å². The maximum atomic E-state index is 11.7. The van der Waals surface area contributed by atoms with Crippen LogP contribution in [0.2, 0.25) is 0 Å². The van der Waals surface area contributed by atoms with Gasteiger partial charge in [0.1, 0.15) is 0 Å². The molecule has 5 N–H and O–H groups in total. The second-order valence-electron chi connectivity index (χ2n) is 4.06. The van der Waals surface area contributed by atoms with Crippen LogP contribution in [0.4, 0.5) is 0 Å². The molecule has 0 fully saturated rings. The van der Waals surface area contributed by atoms with Gasteiger partial charge >= 0.3 is 0 Å². The molecule has 0 saturated carbocycles. The highest BCUT2D eigenvalue weighted by Gasteiger charge is 2.18. The first-order valence-corrected chi connectivity index (χ1v) is 6.29. The van der Waals surface area contributed by atoms with Crippen LogP contribution >= 0.6 is 15.9 Å². The molecule has 6 heteroatoms. The minimum atomic E-state index is -0.902. The van der Waals surface area contributed by atoms with Gasteiger partial charge in [-0.3, -0.25) is 9.59 Å². The van der Waals surface area contributed by atoms with E-state index in [1.807, 2.05) is 31.2 Å². The average molecular weight is 314 g/mol. The van der Waals surface area contributed by atoms with Crippen molar-refractivity contribution in [2.45, 2.75) is 25.4 Å². The van der Waals surface area contributed by atoms with Gasteiger partial charge in [-0.15, -0.1) is 0 Å². The minimum Gasteiger partial charge on any atom is -0.370 e. The molecule has 18 heavy (non-hydrogen) atoms. The Morgan fingerprint density at radius 2 is 1.89 bits per heavy atom. The van der Waals surface area contributed by atoms with Crippen LogP contribution < -0.4 is 16.8 Å². The summed E-state index contributed by atoms with van der Waals surface area (Å²) in [4.78, 5) is 22.3. The lowest BCUT2D eigenvalue weighted by Crippen LogP contribution is -2.43. The van der Waals surface area contributed by atoms with E-state index in [1.54, 1.807) is 0 Å². The summed E-state index contributed by atoms with van der Waals surface area (Å²) in [5.41, 5.74) is 11.5. The van der Waals surface area contributed by atoms with Crippen molar-refractivity contribution < 1.29 is 9.59 Å². The largest absolute Gasteiger partial charge is 0.370 e. The summed E-state index contributed by atoms with van der Waals surface area (Å²) in [5.74, 6) is -0.974. The van der Waals surface area contributed by atoms with Gasteiger partial charge in [0, 0.05) is 4.47 Å². The van der Waals surface area contributed by atoms with Gasteiger partial charge in [0.15, 0.2) is 0 Å². The van der Waals surface area contributed by atoms with E-state index < -0.39 is 11.9 Å². The Kier molecular flexibility index (Phi) is 5.30. The molecule has 2 amide bonds. The van der Waals surface area contributed by atoms with Gasteiger partial charge in [-0.1, -0.05) is 28.1 Å². The summed E-state index contributed by atoms with van der Waals surface area (Å²) < 4.78 is 0.968. The van der Waals surface area contributed by atoms with Gasteiger partial charge in [0.05, 0.1) is 18.5 Å². The molecule has 1 aromatic carbocycles. The van der Waals surface area contributed by atoms with E-state index in [0.29, 0.717) is 0 Å². The van der Waals surface area contributed by atoms with E-state index in [2.05, 4.69) is 21.2 Å². The van der Waals surface area contributed by atoms with Crippen molar-refractivity contribution in [3.8, 4) is 0 Å². The van der Waals surface area contributed by atoms with Crippen LogP contribution in [-0.2, 0) is 9.59 Å². The third-order valence-corrected chi connectivity index (χ3v) is 3.02. The molecule has 1 aromatic rings. The highest BCUT2D eigenvalue weighted by molar-refractivity contribution is 9.10. The normalized spacial score (nSPS) is 13.7. The van der Waals surface area contributed by atoms with Crippen molar-refractivity contribution in [2.75, 3.05) is 0 Å². The first-order chi connectivity index (χ1) is 8.40. The number of amides is 2. The predicted molar refractivity (Wildman–Crippen MR) is 72.5 cm³/mol. The molecule has 1 unspecified atom stereocenters. The smallest absolute Gasteiger partial charge is 0.237 e. The quantitative estimate of drug-likeness (QED) is 0.751. The van der Waals surface area contributed by atoms with Crippen LogP contribution in [0.1, 0.15) is 24.9 Å². The summed E-state index contributed by atoms with van der Waals surface area (Å²) in [6.45, 7) is 1.85. The molecule has 0 bridgehead atoms. The van der Waals surface area contributed by atoms with Gasteiger partial charge in [-0.25, -0.2) is 0 Å². The lowest BCUT2D eigenvalue weighted by Gasteiger charge is -2.17. The molecule has 1 rings (SSSR count). The highest BCUT2D eigenvalue weighted by atomic mass is 79.9. The Morgan fingerprint density at radius 1 is 1.33 bits per heavy atom. The maximum Gasteiger partial charge on any atom is 0.237 e. The molecule has 98 valence electrons. The Labute approximate surface area is 114 Å². The zero-order chi connectivity index (χ0) is 13.7. The number of primary amides is 1. The fraction of sp³-hybridized carbons (Fsp3) is 0.333. The zero-order valence-corrected chi connectivity index (χ0v) is 11.6. The Bertz CT molecular complexity index is 433. The Balaban J connectivity index is 2.59. The summed E-state index contributed by atoms with van der Waals surface area (Å²) in [7, 11) is 0. The van der Waals surface area contributed by atoms with Gasteiger partial charge in [0.2, 0.25) is 11.8 Å². The molecule has 0 aliphatic heterocycles. The van der Waals surface area contributed by atoms with Crippen molar-refractivity contribution in [1.82, 2.24) is 5.32 Å². The van der Waals surface area contributed by atoms with Gasteiger partial charge in [-0.05, 0) is 24.6 Å². The van der Waals surface area contributed by atoms with Crippen molar-refractivity contribution in [3.05, 3.63) is 34.3 Å². The molecular formula is C12H16BrN3O2. The van der Waals surface area contributed by atoms with Crippen LogP contribution in [-0.4, -0.2) is 17.9 Å². The van der Waals surface area contributed by atoms with E-state index in [-0.39, 0.29) is 18.4 Å². The maximum absolute atomic E-state index is 11.7. The second-order valence-corrected chi connectivity index (χ2v) is 4.97. The lowest BCUT2D eigenvalue weighted by atomic mass is 10.1. The number of nitrogens with two attached hydrogens (primary N) is 2. The van der Waals surface area contributed by atoms with Crippen LogP contribution in [0.3, 0.4) is 0 Å². The van der Waals surface area contributed by atoms with Crippen LogP contribution in [0, 0.1) is 0 Å². The molecule has 5 nitrogen and oxygen atoms in total. The molecule has 0 saturated heterocycles. The van der Waals surface area contributed by atoms with E-state index in [0.717, 1.165) is 10.0 Å². The van der Waals surface area contributed by atoms with Crippen LogP contribution in [0.25, 0.3) is 0 Å². The van der Waals surface area contributed by atoms with Gasteiger partial charge in [-0.2, -0.15) is 0 Å². The molecule has 0 heterocycles. The lowest BCUT2D eigenvalue weighted by molar-refractivity contribution is -0.126. The molecule has 0 aliphatic carbocycles. The van der Waals surface area contributed by atoms with Gasteiger partial charge in [0.25, 0.3) is 0 Å². The second kappa shape index (κ2) is 6.51. The standard InChI is InChI=1S/C12H16BrN3O2/c1-7(8-2-4-9(13)5-3-8)16-12(18)10(14)6-11(15)17/h2-5,7,10H,6,14H2,1H3,(H2,15,17)(H,16,18)/t7-,10?/m0/s1. The molecule has 0 spiro atoms. The molecule has 0 radical (unpaired) electrons. The number of halogens is 1. The monoisotopic (exact) mass is 313 g/mol. The van der Waals surface area contributed by atoms with Crippen LogP contribution in [0.5, 0.6) is 0 Å². The Hall–Kier alpha value is -1.40. The number of carbonyl (C=O) groups is 2. The molecule has 0 aromatic heterocycles. The molecule has 0 aliphatic rings. The van der Waals surface area contributed by atoms with E-state index >= 15 is 0 Å². The van der Waals surface area contributed by atoms with Crippen molar-refractivity contribution in [2.24, 2.45) is 11.5 Å². The van der Waals surface area contributed by atoms with E-state index in [9.17, 15) is 9.59 Å². The van der Waals surface area contributed by atoms with E-state index in [4.69, 9.17) is 11.5 Å². The summed E-state index contributed by atoms with van der Waals surface area (Å²) >= 11 is 3.34. The fourth-order valence-electron chi connectivity index (χ4n) is 1.46. The predicted octanol–water partition coefficient (Wildman–Crippen LogP) is 0.829. The third-order valence-electron chi connectivity index (χ3n) is 2.49. The number of hydrogen-bond donors (Lipinski definition) is 3. The number of carbonyl (C=O) groups excluding carboxylic acids is 2. The third kappa shape index (κ3) is 4.46. The molecular weight excluding hydrogens is 298 g/mol. The summed E-state index contributed by atoms with van der Waals surface area (Å²) in [6.07, 6.45) is -0.154. The topological polar surface area (TPSA) is 98.2 Å².